The summed E-state index contributed by atoms with van der Waals surface area (Å²) in [5, 5.41) is 16.5. The van der Waals surface area contributed by atoms with Gasteiger partial charge in [-0.1, -0.05) is 40.4 Å². The number of ether oxygens (including phenoxy) is 1. The molecule has 0 bridgehead atoms. The van der Waals surface area contributed by atoms with E-state index in [4.69, 9.17) is 27.9 Å². The lowest BCUT2D eigenvalue weighted by Gasteiger charge is -2.12. The summed E-state index contributed by atoms with van der Waals surface area (Å²) in [5.74, 6) is 1.21. The molecule has 0 aliphatic carbocycles. The molecule has 0 aliphatic heterocycles. The quantitative estimate of drug-likeness (QED) is 0.668. The Morgan fingerprint density at radius 3 is 2.56 bits per heavy atom. The maximum Gasteiger partial charge on any atom is 0.263 e. The van der Waals surface area contributed by atoms with E-state index >= 15 is 0 Å². The molecule has 8 heteroatoms. The van der Waals surface area contributed by atoms with Gasteiger partial charge in [-0.25, -0.2) is 0 Å². The summed E-state index contributed by atoms with van der Waals surface area (Å²) >= 11 is 12.0. The Labute approximate surface area is 155 Å². The van der Waals surface area contributed by atoms with Crippen LogP contribution in [0.3, 0.4) is 0 Å². The second-order valence-corrected chi connectivity index (χ2v) is 6.20. The van der Waals surface area contributed by atoms with E-state index in [9.17, 15) is 0 Å². The minimum absolute atomic E-state index is 0.441. The Hall–Kier alpha value is -2.31. The molecule has 0 saturated heterocycles. The van der Waals surface area contributed by atoms with Crippen LogP contribution in [0, 0.1) is 0 Å². The first-order chi connectivity index (χ1) is 12.1. The number of halogens is 2. The van der Waals surface area contributed by atoms with E-state index in [1.807, 2.05) is 43.3 Å². The standard InChI is InChI=1S/C17H17Cl2N5O/c1-2-24-22-17(21-23-24)20-10-13-9-15(19)7-8-16(13)25-11-12-3-5-14(18)6-4-12/h3-9H,2,10-11H2,1H3,(H,20,22). The SMILES string of the molecule is CCn1nnc(NCc2cc(Cl)ccc2OCc2ccc(Cl)cc2)n1. The summed E-state index contributed by atoms with van der Waals surface area (Å²) in [4.78, 5) is 1.51. The molecule has 2 aromatic carbocycles. The Bertz CT molecular complexity index is 835. The van der Waals surface area contributed by atoms with Crippen molar-refractivity contribution in [3.05, 3.63) is 63.6 Å². The van der Waals surface area contributed by atoms with E-state index in [2.05, 4.69) is 20.7 Å². The molecular weight excluding hydrogens is 361 g/mol. The van der Waals surface area contributed by atoms with E-state index in [0.29, 0.717) is 35.7 Å². The minimum Gasteiger partial charge on any atom is -0.489 e. The Kier molecular flexibility index (Phi) is 5.73. The number of nitrogens with one attached hydrogen (secondary N) is 1. The largest absolute Gasteiger partial charge is 0.489 e. The van der Waals surface area contributed by atoms with Crippen molar-refractivity contribution >= 4 is 29.2 Å². The molecule has 1 N–H and O–H groups in total. The van der Waals surface area contributed by atoms with Gasteiger partial charge in [-0.2, -0.15) is 4.80 Å². The van der Waals surface area contributed by atoms with Gasteiger partial charge in [-0.05, 0) is 48.0 Å². The highest BCUT2D eigenvalue weighted by molar-refractivity contribution is 6.30. The fourth-order valence-electron chi connectivity index (χ4n) is 2.19. The lowest BCUT2D eigenvalue weighted by atomic mass is 10.2. The highest BCUT2D eigenvalue weighted by atomic mass is 35.5. The molecule has 25 heavy (non-hydrogen) atoms. The van der Waals surface area contributed by atoms with Gasteiger partial charge in [0.25, 0.3) is 5.95 Å². The molecule has 130 valence electrons. The number of aromatic nitrogens is 4. The molecule has 0 amide bonds. The third-order valence-electron chi connectivity index (χ3n) is 3.50. The third kappa shape index (κ3) is 4.84. The fourth-order valence-corrected chi connectivity index (χ4v) is 2.51. The van der Waals surface area contributed by atoms with E-state index in [1.54, 1.807) is 6.07 Å². The first kappa shape index (κ1) is 17.5. The van der Waals surface area contributed by atoms with Crippen molar-refractivity contribution < 1.29 is 4.74 Å². The third-order valence-corrected chi connectivity index (χ3v) is 3.99. The number of hydrogen-bond acceptors (Lipinski definition) is 5. The zero-order valence-electron chi connectivity index (χ0n) is 13.6. The monoisotopic (exact) mass is 377 g/mol. The van der Waals surface area contributed by atoms with E-state index in [1.165, 1.54) is 4.80 Å². The van der Waals surface area contributed by atoms with E-state index < -0.39 is 0 Å². The van der Waals surface area contributed by atoms with Crippen molar-refractivity contribution in [3.63, 3.8) is 0 Å². The maximum absolute atomic E-state index is 6.11. The summed E-state index contributed by atoms with van der Waals surface area (Å²) < 4.78 is 5.93. The maximum atomic E-state index is 6.11. The van der Waals surface area contributed by atoms with Crippen LogP contribution >= 0.6 is 23.2 Å². The van der Waals surface area contributed by atoms with Gasteiger partial charge < -0.3 is 10.1 Å². The lowest BCUT2D eigenvalue weighted by Crippen LogP contribution is -2.05. The first-order valence-electron chi connectivity index (χ1n) is 7.81. The van der Waals surface area contributed by atoms with Crippen LogP contribution in [-0.4, -0.2) is 20.2 Å². The lowest BCUT2D eigenvalue weighted by molar-refractivity contribution is 0.303. The van der Waals surface area contributed by atoms with Gasteiger partial charge in [-0.15, -0.1) is 5.10 Å². The van der Waals surface area contributed by atoms with Crippen LogP contribution in [0.4, 0.5) is 5.95 Å². The molecule has 6 nitrogen and oxygen atoms in total. The minimum atomic E-state index is 0.441. The van der Waals surface area contributed by atoms with Crippen molar-refractivity contribution in [3.8, 4) is 5.75 Å². The number of aryl methyl sites for hydroxylation is 1. The molecule has 3 aromatic rings. The summed E-state index contributed by atoms with van der Waals surface area (Å²) in [6, 6.07) is 13.1. The summed E-state index contributed by atoms with van der Waals surface area (Å²) in [6.07, 6.45) is 0. The molecule has 0 fully saturated rings. The van der Waals surface area contributed by atoms with Crippen molar-refractivity contribution in [1.82, 2.24) is 20.2 Å². The van der Waals surface area contributed by atoms with E-state index in [-0.39, 0.29) is 0 Å². The average molecular weight is 378 g/mol. The second kappa shape index (κ2) is 8.18. The highest BCUT2D eigenvalue weighted by Gasteiger charge is 2.08. The van der Waals surface area contributed by atoms with Crippen LogP contribution in [0.2, 0.25) is 10.0 Å². The normalized spacial score (nSPS) is 10.7. The molecule has 0 atom stereocenters. The highest BCUT2D eigenvalue weighted by Crippen LogP contribution is 2.24. The van der Waals surface area contributed by atoms with Gasteiger partial charge in [0.2, 0.25) is 0 Å². The average Bonchev–Trinajstić information content (AvgIpc) is 3.08. The van der Waals surface area contributed by atoms with Gasteiger partial charge >= 0.3 is 0 Å². The predicted molar refractivity (Wildman–Crippen MR) is 98.1 cm³/mol. The van der Waals surface area contributed by atoms with Crippen molar-refractivity contribution in [1.29, 1.82) is 0 Å². The molecule has 1 heterocycles. The predicted octanol–water partition coefficient (Wildman–Crippen LogP) is 4.19. The first-order valence-corrected chi connectivity index (χ1v) is 8.57. The zero-order chi connectivity index (χ0) is 17.6. The number of nitrogens with zero attached hydrogens (tertiary/aromatic N) is 4. The smallest absolute Gasteiger partial charge is 0.263 e. The Morgan fingerprint density at radius 2 is 1.84 bits per heavy atom. The summed E-state index contributed by atoms with van der Waals surface area (Å²) in [6.45, 7) is 3.54. The number of rotatable bonds is 7. The fraction of sp³-hybridized carbons (Fsp3) is 0.235. The van der Waals surface area contributed by atoms with Crippen LogP contribution in [0.15, 0.2) is 42.5 Å². The van der Waals surface area contributed by atoms with Gasteiger partial charge in [0.05, 0.1) is 6.54 Å². The van der Waals surface area contributed by atoms with Crippen molar-refractivity contribution in [2.24, 2.45) is 0 Å². The van der Waals surface area contributed by atoms with E-state index in [0.717, 1.165) is 16.9 Å². The van der Waals surface area contributed by atoms with Crippen molar-refractivity contribution in [2.45, 2.75) is 26.6 Å². The van der Waals surface area contributed by atoms with Crippen LogP contribution in [0.1, 0.15) is 18.1 Å². The Balaban J connectivity index is 1.67. The number of hydrogen-bond donors (Lipinski definition) is 1. The van der Waals surface area contributed by atoms with Crippen LogP contribution in [0.25, 0.3) is 0 Å². The molecule has 0 spiro atoms. The second-order valence-electron chi connectivity index (χ2n) is 5.32. The van der Waals surface area contributed by atoms with Crippen LogP contribution in [0.5, 0.6) is 5.75 Å². The Morgan fingerprint density at radius 1 is 1.08 bits per heavy atom. The topological polar surface area (TPSA) is 64.9 Å². The molecule has 1 aromatic heterocycles. The van der Waals surface area contributed by atoms with Crippen LogP contribution in [-0.2, 0) is 19.7 Å². The molecule has 0 radical (unpaired) electrons. The van der Waals surface area contributed by atoms with Crippen LogP contribution < -0.4 is 10.1 Å². The number of tetrazole rings is 1. The number of benzene rings is 2. The van der Waals surface area contributed by atoms with Gasteiger partial charge in [0, 0.05) is 22.2 Å². The number of anilines is 1. The summed E-state index contributed by atoms with van der Waals surface area (Å²) in [7, 11) is 0. The van der Waals surface area contributed by atoms with Gasteiger partial charge in [0.1, 0.15) is 12.4 Å². The van der Waals surface area contributed by atoms with Gasteiger partial charge in [0.15, 0.2) is 0 Å². The zero-order valence-corrected chi connectivity index (χ0v) is 15.1. The molecule has 0 saturated carbocycles. The molecule has 0 aliphatic rings. The van der Waals surface area contributed by atoms with Gasteiger partial charge in [-0.3, -0.25) is 0 Å². The molecule has 3 rings (SSSR count). The molecular formula is C17H17Cl2N5O. The van der Waals surface area contributed by atoms with Crippen molar-refractivity contribution in [2.75, 3.05) is 5.32 Å². The molecule has 0 unspecified atom stereocenters. The summed E-state index contributed by atoms with van der Waals surface area (Å²) in [5.41, 5.74) is 1.94.